The molecule has 0 aliphatic rings. The first-order chi connectivity index (χ1) is 14.4. The summed E-state index contributed by atoms with van der Waals surface area (Å²) < 4.78 is 2.08. The molecule has 1 atom stereocenters. The zero-order valence-corrected chi connectivity index (χ0v) is 18.1. The van der Waals surface area contributed by atoms with Crippen LogP contribution in [0.25, 0.3) is 11.4 Å². The summed E-state index contributed by atoms with van der Waals surface area (Å²) in [6.45, 7) is 6.01. The van der Waals surface area contributed by atoms with Gasteiger partial charge in [0.05, 0.1) is 5.75 Å². The Morgan fingerprint density at radius 1 is 1.17 bits per heavy atom. The summed E-state index contributed by atoms with van der Waals surface area (Å²) in [6, 6.07) is 15.1. The van der Waals surface area contributed by atoms with Gasteiger partial charge in [-0.1, -0.05) is 49.0 Å². The predicted molar refractivity (Wildman–Crippen MR) is 120 cm³/mol. The molecule has 3 rings (SSSR count). The van der Waals surface area contributed by atoms with E-state index in [0.29, 0.717) is 16.4 Å². The lowest BCUT2D eigenvalue weighted by Gasteiger charge is -2.16. The molecular weight excluding hydrogens is 398 g/mol. The number of aryl methyl sites for hydroxylation is 1. The number of nitrogens with zero attached hydrogens (tertiary/aromatic N) is 3. The zero-order valence-electron chi connectivity index (χ0n) is 17.3. The van der Waals surface area contributed by atoms with Crippen molar-refractivity contribution in [1.82, 2.24) is 14.8 Å². The minimum absolute atomic E-state index is 0.161. The second-order valence-electron chi connectivity index (χ2n) is 7.03. The van der Waals surface area contributed by atoms with Crippen molar-refractivity contribution < 1.29 is 9.59 Å². The van der Waals surface area contributed by atoms with E-state index in [0.717, 1.165) is 23.4 Å². The molecular formula is C22H25N5O2S. The molecule has 0 fully saturated rings. The molecule has 2 aromatic carbocycles. The van der Waals surface area contributed by atoms with Crippen molar-refractivity contribution >= 4 is 29.3 Å². The fourth-order valence-corrected chi connectivity index (χ4v) is 3.92. The van der Waals surface area contributed by atoms with Crippen LogP contribution in [0.1, 0.15) is 42.2 Å². The molecule has 0 aliphatic carbocycles. The van der Waals surface area contributed by atoms with Crippen molar-refractivity contribution in [3.63, 3.8) is 0 Å². The van der Waals surface area contributed by atoms with E-state index in [4.69, 9.17) is 5.73 Å². The van der Waals surface area contributed by atoms with Gasteiger partial charge >= 0.3 is 0 Å². The van der Waals surface area contributed by atoms with Crippen LogP contribution in [0, 0.1) is 6.92 Å². The summed E-state index contributed by atoms with van der Waals surface area (Å²) in [7, 11) is 0. The number of benzene rings is 2. The van der Waals surface area contributed by atoms with Crippen LogP contribution < -0.4 is 11.1 Å². The fraction of sp³-hybridized carbons (Fsp3) is 0.273. The molecule has 30 heavy (non-hydrogen) atoms. The predicted octanol–water partition coefficient (Wildman–Crippen LogP) is 4.05. The Kier molecular flexibility index (Phi) is 6.89. The minimum Gasteiger partial charge on any atom is -0.366 e. The van der Waals surface area contributed by atoms with Gasteiger partial charge in [0.15, 0.2) is 11.0 Å². The molecule has 3 aromatic rings. The number of anilines is 1. The van der Waals surface area contributed by atoms with Crippen molar-refractivity contribution in [1.29, 1.82) is 0 Å². The smallest absolute Gasteiger partial charge is 0.248 e. The van der Waals surface area contributed by atoms with Crippen LogP contribution in [0.5, 0.6) is 0 Å². The van der Waals surface area contributed by atoms with Gasteiger partial charge in [0.25, 0.3) is 0 Å². The maximum Gasteiger partial charge on any atom is 0.248 e. The summed E-state index contributed by atoms with van der Waals surface area (Å²) in [5.41, 5.74) is 8.10. The molecule has 3 N–H and O–H groups in total. The van der Waals surface area contributed by atoms with Crippen LogP contribution in [0.2, 0.25) is 0 Å². The molecule has 0 spiro atoms. The number of amides is 2. The molecule has 0 radical (unpaired) electrons. The average molecular weight is 424 g/mol. The number of rotatable bonds is 8. The highest BCUT2D eigenvalue weighted by Gasteiger charge is 2.19. The SMILES string of the molecule is CCC(C)n1c(SCC(=O)Nc2ccc(C(N)=O)c(C)c2)nnc1-c1ccccc1. The first-order valence-corrected chi connectivity index (χ1v) is 10.7. The van der Waals surface area contributed by atoms with Crippen LogP contribution >= 0.6 is 11.8 Å². The lowest BCUT2D eigenvalue weighted by molar-refractivity contribution is -0.113. The standard InChI is InChI=1S/C22H25N5O2S/c1-4-15(3)27-21(16-8-6-5-7-9-16)25-26-22(27)30-13-19(28)24-17-10-11-18(20(23)29)14(2)12-17/h5-12,15H,4,13H2,1-3H3,(H2,23,29)(H,24,28). The summed E-state index contributed by atoms with van der Waals surface area (Å²) >= 11 is 1.35. The Hall–Kier alpha value is -3.13. The molecule has 156 valence electrons. The van der Waals surface area contributed by atoms with E-state index in [9.17, 15) is 9.59 Å². The fourth-order valence-electron chi connectivity index (χ4n) is 3.08. The Morgan fingerprint density at radius 3 is 2.53 bits per heavy atom. The van der Waals surface area contributed by atoms with Crippen LogP contribution in [-0.2, 0) is 4.79 Å². The highest BCUT2D eigenvalue weighted by Crippen LogP contribution is 2.29. The van der Waals surface area contributed by atoms with Gasteiger partial charge in [-0.15, -0.1) is 10.2 Å². The van der Waals surface area contributed by atoms with E-state index < -0.39 is 5.91 Å². The monoisotopic (exact) mass is 423 g/mol. The maximum absolute atomic E-state index is 12.5. The van der Waals surface area contributed by atoms with E-state index >= 15 is 0 Å². The van der Waals surface area contributed by atoms with Crippen molar-refractivity contribution in [3.05, 3.63) is 59.7 Å². The van der Waals surface area contributed by atoms with E-state index in [-0.39, 0.29) is 17.7 Å². The Balaban J connectivity index is 1.72. The highest BCUT2D eigenvalue weighted by atomic mass is 32.2. The second-order valence-corrected chi connectivity index (χ2v) is 7.97. The van der Waals surface area contributed by atoms with Crippen molar-refractivity contribution in [2.75, 3.05) is 11.1 Å². The first kappa shape index (κ1) is 21.6. The Labute approximate surface area is 180 Å². The van der Waals surface area contributed by atoms with Gasteiger partial charge < -0.3 is 11.1 Å². The third kappa shape index (κ3) is 4.88. The van der Waals surface area contributed by atoms with Gasteiger partial charge in [-0.2, -0.15) is 0 Å². The largest absolute Gasteiger partial charge is 0.366 e. The van der Waals surface area contributed by atoms with Crippen LogP contribution in [0.3, 0.4) is 0 Å². The summed E-state index contributed by atoms with van der Waals surface area (Å²) in [4.78, 5) is 23.8. The van der Waals surface area contributed by atoms with Crippen molar-refractivity contribution in [2.45, 2.75) is 38.4 Å². The van der Waals surface area contributed by atoms with E-state index in [2.05, 4.69) is 33.9 Å². The summed E-state index contributed by atoms with van der Waals surface area (Å²) in [6.07, 6.45) is 0.920. The lowest BCUT2D eigenvalue weighted by atomic mass is 10.1. The maximum atomic E-state index is 12.5. The molecule has 1 aromatic heterocycles. The number of thioether (sulfide) groups is 1. The lowest BCUT2D eigenvalue weighted by Crippen LogP contribution is -2.16. The van der Waals surface area contributed by atoms with E-state index in [1.165, 1.54) is 11.8 Å². The van der Waals surface area contributed by atoms with E-state index in [1.807, 2.05) is 30.3 Å². The molecule has 0 saturated carbocycles. The van der Waals surface area contributed by atoms with Crippen molar-refractivity contribution in [2.24, 2.45) is 5.73 Å². The van der Waals surface area contributed by atoms with Gasteiger partial charge in [0.1, 0.15) is 0 Å². The third-order valence-electron chi connectivity index (χ3n) is 4.84. The van der Waals surface area contributed by atoms with Gasteiger partial charge in [-0.25, -0.2) is 0 Å². The van der Waals surface area contributed by atoms with Crippen LogP contribution in [-0.4, -0.2) is 32.3 Å². The Bertz CT molecular complexity index is 1050. The summed E-state index contributed by atoms with van der Waals surface area (Å²) in [5.74, 6) is 0.344. The number of aromatic nitrogens is 3. The van der Waals surface area contributed by atoms with Gasteiger partial charge in [0, 0.05) is 22.9 Å². The van der Waals surface area contributed by atoms with Gasteiger partial charge in [-0.05, 0) is 44.0 Å². The number of primary amides is 1. The topological polar surface area (TPSA) is 103 Å². The van der Waals surface area contributed by atoms with Crippen molar-refractivity contribution in [3.8, 4) is 11.4 Å². The molecule has 8 heteroatoms. The van der Waals surface area contributed by atoms with Gasteiger partial charge in [-0.3, -0.25) is 14.2 Å². The average Bonchev–Trinajstić information content (AvgIpc) is 3.16. The zero-order chi connectivity index (χ0) is 21.7. The molecule has 0 saturated heterocycles. The highest BCUT2D eigenvalue weighted by molar-refractivity contribution is 7.99. The van der Waals surface area contributed by atoms with Crippen LogP contribution in [0.15, 0.2) is 53.7 Å². The quantitative estimate of drug-likeness (QED) is 0.532. The molecule has 1 unspecified atom stereocenters. The second kappa shape index (κ2) is 9.58. The third-order valence-corrected chi connectivity index (χ3v) is 5.78. The van der Waals surface area contributed by atoms with Crippen LogP contribution in [0.4, 0.5) is 5.69 Å². The molecule has 7 nitrogen and oxygen atoms in total. The number of hydrogen-bond acceptors (Lipinski definition) is 5. The minimum atomic E-state index is -0.487. The number of nitrogens with two attached hydrogens (primary N) is 1. The number of carbonyl (C=O) groups excluding carboxylic acids is 2. The molecule has 2 amide bonds. The molecule has 1 heterocycles. The van der Waals surface area contributed by atoms with Gasteiger partial charge in [0.2, 0.25) is 11.8 Å². The number of nitrogens with one attached hydrogen (secondary N) is 1. The summed E-state index contributed by atoms with van der Waals surface area (Å²) in [5, 5.41) is 12.3. The van der Waals surface area contributed by atoms with E-state index in [1.54, 1.807) is 25.1 Å². The molecule has 0 bridgehead atoms. The first-order valence-electron chi connectivity index (χ1n) is 9.74. The Morgan fingerprint density at radius 2 is 1.90 bits per heavy atom. The normalized spacial score (nSPS) is 11.8. The molecule has 0 aliphatic heterocycles. The number of carbonyl (C=O) groups is 2. The number of hydrogen-bond donors (Lipinski definition) is 2.